The van der Waals surface area contributed by atoms with Crippen LogP contribution in [-0.4, -0.2) is 29.7 Å². The number of amides is 1. The molecule has 2 atom stereocenters. The molecule has 1 aliphatic carbocycles. The minimum Gasteiger partial charge on any atom is -0.390 e. The molecular formula is C30H44F2N2O2. The van der Waals surface area contributed by atoms with Crippen LogP contribution in [0.5, 0.6) is 0 Å². The number of hydrogen-bond donors (Lipinski definition) is 3. The Morgan fingerprint density at radius 3 is 2.19 bits per heavy atom. The van der Waals surface area contributed by atoms with Crippen LogP contribution in [0, 0.1) is 11.6 Å². The Kier molecular flexibility index (Phi) is 11.0. The summed E-state index contributed by atoms with van der Waals surface area (Å²) in [4.78, 5) is 11.8. The molecule has 1 amide bonds. The molecule has 36 heavy (non-hydrogen) atoms. The fourth-order valence-corrected chi connectivity index (χ4v) is 4.98. The molecule has 1 saturated carbocycles. The van der Waals surface area contributed by atoms with Crippen LogP contribution < -0.4 is 10.6 Å². The highest BCUT2D eigenvalue weighted by atomic mass is 19.1. The van der Waals surface area contributed by atoms with Crippen molar-refractivity contribution in [3.8, 4) is 0 Å². The molecule has 3 rings (SSSR count). The highest BCUT2D eigenvalue weighted by Gasteiger charge is 2.35. The Bertz CT molecular complexity index is 961. The van der Waals surface area contributed by atoms with Gasteiger partial charge in [-0.25, -0.2) is 8.78 Å². The summed E-state index contributed by atoms with van der Waals surface area (Å²) < 4.78 is 27.4. The van der Waals surface area contributed by atoms with Gasteiger partial charge in [0.2, 0.25) is 5.91 Å². The number of carbonyl (C=O) groups is 1. The maximum absolute atomic E-state index is 13.7. The van der Waals surface area contributed by atoms with Gasteiger partial charge in [-0.2, -0.15) is 0 Å². The number of carbonyl (C=O) groups excluding carboxylic acids is 1. The molecule has 0 unspecified atom stereocenters. The van der Waals surface area contributed by atoms with Crippen molar-refractivity contribution >= 4 is 5.91 Å². The third-order valence-electron chi connectivity index (χ3n) is 6.87. The molecule has 0 saturated heterocycles. The molecule has 1 aliphatic rings. The van der Waals surface area contributed by atoms with E-state index in [9.17, 15) is 18.7 Å². The van der Waals surface area contributed by atoms with Gasteiger partial charge in [0.15, 0.2) is 0 Å². The Morgan fingerprint density at radius 1 is 1.03 bits per heavy atom. The Hall–Kier alpha value is -2.31. The zero-order valence-corrected chi connectivity index (χ0v) is 22.8. The smallest absolute Gasteiger partial charge is 0.217 e. The number of hydrogen-bond acceptors (Lipinski definition) is 3. The van der Waals surface area contributed by atoms with Crippen LogP contribution in [0.25, 0.3) is 0 Å². The van der Waals surface area contributed by atoms with Crippen molar-refractivity contribution < 1.29 is 18.7 Å². The molecule has 200 valence electrons. The van der Waals surface area contributed by atoms with Gasteiger partial charge in [0.1, 0.15) is 11.6 Å². The number of halogens is 2. The first-order valence-corrected chi connectivity index (χ1v) is 13.2. The second kappa shape index (κ2) is 13.3. The molecule has 0 aliphatic heterocycles. The average molecular weight is 503 g/mol. The van der Waals surface area contributed by atoms with E-state index in [2.05, 4.69) is 55.7 Å². The molecule has 0 spiro atoms. The lowest BCUT2D eigenvalue weighted by molar-refractivity contribution is -0.120. The second-order valence-electron chi connectivity index (χ2n) is 10.7. The van der Waals surface area contributed by atoms with Gasteiger partial charge in [-0.15, -0.1) is 0 Å². The number of rotatable bonds is 8. The second-order valence-corrected chi connectivity index (χ2v) is 10.7. The molecule has 0 aromatic heterocycles. The zero-order chi connectivity index (χ0) is 26.9. The molecular weight excluding hydrogens is 458 g/mol. The summed E-state index contributed by atoms with van der Waals surface area (Å²) in [5.74, 6) is -1.65. The number of aliphatic hydroxyl groups is 1. The lowest BCUT2D eigenvalue weighted by Crippen LogP contribution is -2.53. The first-order chi connectivity index (χ1) is 17.0. The summed E-state index contributed by atoms with van der Waals surface area (Å²) >= 11 is 0. The van der Waals surface area contributed by atoms with Gasteiger partial charge in [0.05, 0.1) is 12.1 Å². The predicted molar refractivity (Wildman–Crippen MR) is 143 cm³/mol. The Balaban J connectivity index is 0.00000222. The standard InChI is InChI=1S/C28H38F2N2O2.C2H6/c1-19(33)32-25(15-20-13-23(29)17-24(30)14-20)26(34)18-31-28(11-6-5-7-12-28)22-10-8-9-21(16-22)27(2,3)4;1-2/h8-10,13-14,16-17,25-26,31,34H,5-7,11-12,15,18H2,1-4H3,(H,32,33);1-2H3/t25-,26+;/m0./s1. The summed E-state index contributed by atoms with van der Waals surface area (Å²) in [6.45, 7) is 12.2. The van der Waals surface area contributed by atoms with Crippen LogP contribution in [0.3, 0.4) is 0 Å². The first-order valence-electron chi connectivity index (χ1n) is 13.2. The van der Waals surface area contributed by atoms with Crippen molar-refractivity contribution in [1.82, 2.24) is 10.6 Å². The van der Waals surface area contributed by atoms with E-state index in [1.165, 1.54) is 36.6 Å². The number of benzene rings is 2. The van der Waals surface area contributed by atoms with Gasteiger partial charge in [-0.05, 0) is 53.5 Å². The van der Waals surface area contributed by atoms with E-state index in [0.29, 0.717) is 5.56 Å². The van der Waals surface area contributed by atoms with Crippen molar-refractivity contribution in [1.29, 1.82) is 0 Å². The molecule has 2 aromatic carbocycles. The van der Waals surface area contributed by atoms with Crippen molar-refractivity contribution in [2.75, 3.05) is 6.54 Å². The third-order valence-corrected chi connectivity index (χ3v) is 6.87. The fraction of sp³-hybridized carbons (Fsp3) is 0.567. The van der Waals surface area contributed by atoms with E-state index < -0.39 is 23.8 Å². The molecule has 0 radical (unpaired) electrons. The Labute approximate surface area is 215 Å². The number of nitrogens with one attached hydrogen (secondary N) is 2. The molecule has 3 N–H and O–H groups in total. The van der Waals surface area contributed by atoms with Crippen molar-refractivity contribution in [3.05, 3.63) is 70.8 Å². The topological polar surface area (TPSA) is 61.4 Å². The van der Waals surface area contributed by atoms with Crippen molar-refractivity contribution in [2.45, 2.75) is 103 Å². The van der Waals surface area contributed by atoms with Gasteiger partial charge >= 0.3 is 0 Å². The fourth-order valence-electron chi connectivity index (χ4n) is 4.98. The van der Waals surface area contributed by atoms with Crippen LogP contribution in [-0.2, 0) is 22.2 Å². The minimum atomic E-state index is -0.931. The van der Waals surface area contributed by atoms with Crippen LogP contribution in [0.4, 0.5) is 8.78 Å². The van der Waals surface area contributed by atoms with E-state index in [4.69, 9.17) is 0 Å². The average Bonchev–Trinajstić information content (AvgIpc) is 2.82. The van der Waals surface area contributed by atoms with Crippen LogP contribution in [0.1, 0.15) is 90.3 Å². The predicted octanol–water partition coefficient (Wildman–Crippen LogP) is 6.15. The maximum atomic E-state index is 13.7. The van der Waals surface area contributed by atoms with E-state index in [1.807, 2.05) is 13.8 Å². The van der Waals surface area contributed by atoms with Crippen LogP contribution in [0.15, 0.2) is 42.5 Å². The molecule has 1 fully saturated rings. The lowest BCUT2D eigenvalue weighted by Gasteiger charge is -2.41. The van der Waals surface area contributed by atoms with E-state index in [-0.39, 0.29) is 29.8 Å². The highest BCUT2D eigenvalue weighted by Crippen LogP contribution is 2.38. The molecule has 0 heterocycles. The number of aliphatic hydroxyl groups excluding tert-OH is 1. The van der Waals surface area contributed by atoms with Crippen LogP contribution >= 0.6 is 0 Å². The largest absolute Gasteiger partial charge is 0.390 e. The van der Waals surface area contributed by atoms with Gasteiger partial charge in [-0.1, -0.05) is 78.1 Å². The Morgan fingerprint density at radius 2 is 1.64 bits per heavy atom. The van der Waals surface area contributed by atoms with Gasteiger partial charge in [0, 0.05) is 25.1 Å². The molecule has 0 bridgehead atoms. The molecule has 6 heteroatoms. The monoisotopic (exact) mass is 502 g/mol. The molecule has 4 nitrogen and oxygen atoms in total. The molecule has 2 aromatic rings. The zero-order valence-electron chi connectivity index (χ0n) is 22.8. The van der Waals surface area contributed by atoms with E-state index in [1.54, 1.807) is 0 Å². The third kappa shape index (κ3) is 8.38. The minimum absolute atomic E-state index is 0.0299. The normalized spacial score (nSPS) is 16.9. The van der Waals surface area contributed by atoms with Gasteiger partial charge in [-0.3, -0.25) is 4.79 Å². The lowest BCUT2D eigenvalue weighted by atomic mass is 9.74. The summed E-state index contributed by atoms with van der Waals surface area (Å²) in [6.07, 6.45) is 4.51. The van der Waals surface area contributed by atoms with Gasteiger partial charge < -0.3 is 15.7 Å². The van der Waals surface area contributed by atoms with Crippen molar-refractivity contribution in [2.24, 2.45) is 0 Å². The van der Waals surface area contributed by atoms with Gasteiger partial charge in [0.25, 0.3) is 0 Å². The van der Waals surface area contributed by atoms with Crippen LogP contribution in [0.2, 0.25) is 0 Å². The first kappa shape index (κ1) is 29.9. The SMILES string of the molecule is CC.CC(=O)N[C@@H](Cc1cc(F)cc(F)c1)[C@H](O)CNC1(c2cccc(C(C)(C)C)c2)CCCCC1. The summed E-state index contributed by atoms with van der Waals surface area (Å²) in [7, 11) is 0. The van der Waals surface area contributed by atoms with E-state index in [0.717, 1.165) is 31.7 Å². The van der Waals surface area contributed by atoms with E-state index >= 15 is 0 Å². The summed E-state index contributed by atoms with van der Waals surface area (Å²) in [6, 6.07) is 11.3. The summed E-state index contributed by atoms with van der Waals surface area (Å²) in [5, 5.41) is 17.5. The maximum Gasteiger partial charge on any atom is 0.217 e. The quantitative estimate of drug-likeness (QED) is 0.406. The highest BCUT2D eigenvalue weighted by molar-refractivity contribution is 5.73. The summed E-state index contributed by atoms with van der Waals surface area (Å²) in [5.41, 5.74) is 2.64. The van der Waals surface area contributed by atoms with Crippen molar-refractivity contribution in [3.63, 3.8) is 0 Å².